The number of rotatable bonds is 6. The van der Waals surface area contributed by atoms with E-state index in [0.29, 0.717) is 29.9 Å². The van der Waals surface area contributed by atoms with Crippen molar-refractivity contribution in [3.05, 3.63) is 69.3 Å². The number of carboxylic acid groups (broad SMARTS) is 1. The zero-order chi connectivity index (χ0) is 25.7. The molecule has 1 atom stereocenters. The first kappa shape index (κ1) is 27.7. The highest BCUT2D eigenvalue weighted by Gasteiger charge is 2.56. The second-order valence-corrected chi connectivity index (χ2v) is 9.87. The predicted octanol–water partition coefficient (Wildman–Crippen LogP) is 5.83. The van der Waals surface area contributed by atoms with Crippen molar-refractivity contribution in [2.45, 2.75) is 57.2 Å². The molecule has 186 valence electrons. The fraction of sp³-hybridized carbons (Fsp3) is 0.400. The van der Waals surface area contributed by atoms with Crippen molar-refractivity contribution < 1.29 is 32.9 Å². The van der Waals surface area contributed by atoms with E-state index in [1.807, 2.05) is 6.07 Å². The molecule has 0 fully saturated rings. The van der Waals surface area contributed by atoms with Crippen molar-refractivity contribution >= 4 is 28.0 Å². The third-order valence-electron chi connectivity index (χ3n) is 5.39. The Balaban J connectivity index is 0.000000945. The quantitative estimate of drug-likeness (QED) is 0.426. The summed E-state index contributed by atoms with van der Waals surface area (Å²) in [6.45, 7) is 4.94. The second kappa shape index (κ2) is 10.8. The molecule has 0 spiro atoms. The summed E-state index contributed by atoms with van der Waals surface area (Å²) in [5, 5.41) is 18.2. The van der Waals surface area contributed by atoms with Gasteiger partial charge in [0.05, 0.1) is 6.61 Å². The summed E-state index contributed by atoms with van der Waals surface area (Å²) in [4.78, 5) is 9.00. The van der Waals surface area contributed by atoms with Gasteiger partial charge in [-0.3, -0.25) is 4.79 Å². The van der Waals surface area contributed by atoms with Crippen molar-refractivity contribution in [2.24, 2.45) is 5.73 Å². The van der Waals surface area contributed by atoms with Crippen LogP contribution in [0.3, 0.4) is 0 Å². The van der Waals surface area contributed by atoms with Crippen LogP contribution in [0.1, 0.15) is 50.3 Å². The summed E-state index contributed by atoms with van der Waals surface area (Å²) in [6, 6.07) is 12.5. The summed E-state index contributed by atoms with van der Waals surface area (Å²) in [5.74, 6) is -0.222. The number of alkyl halides is 3. The van der Waals surface area contributed by atoms with Gasteiger partial charge < -0.3 is 20.7 Å². The van der Waals surface area contributed by atoms with Gasteiger partial charge in [-0.2, -0.15) is 13.2 Å². The molecule has 1 unspecified atom stereocenters. The molecule has 0 bridgehead atoms. The number of carbonyl (C=O) groups is 1. The van der Waals surface area contributed by atoms with Crippen molar-refractivity contribution in [2.75, 3.05) is 6.61 Å². The van der Waals surface area contributed by atoms with E-state index >= 15 is 0 Å². The Bertz CT molecular complexity index is 1030. The molecule has 2 aromatic carbocycles. The lowest BCUT2D eigenvalue weighted by atomic mass is 9.72. The molecule has 34 heavy (non-hydrogen) atoms. The highest BCUT2D eigenvalue weighted by atomic mass is 79.9. The third kappa shape index (κ3) is 7.24. The van der Waals surface area contributed by atoms with Crippen LogP contribution in [0.4, 0.5) is 13.2 Å². The van der Waals surface area contributed by atoms with Gasteiger partial charge >= 0.3 is 6.18 Å². The summed E-state index contributed by atoms with van der Waals surface area (Å²) in [7, 11) is 0. The van der Waals surface area contributed by atoms with Crippen LogP contribution in [0, 0.1) is 0 Å². The van der Waals surface area contributed by atoms with Crippen LogP contribution in [-0.4, -0.2) is 34.6 Å². The van der Waals surface area contributed by atoms with Crippen LogP contribution in [0.2, 0.25) is 0 Å². The first-order chi connectivity index (χ1) is 15.6. The van der Waals surface area contributed by atoms with Crippen LogP contribution in [-0.2, 0) is 16.6 Å². The zero-order valence-corrected chi connectivity index (χ0v) is 20.8. The molecule has 4 N–H and O–H groups in total. The van der Waals surface area contributed by atoms with Crippen molar-refractivity contribution in [3.8, 4) is 5.75 Å². The summed E-state index contributed by atoms with van der Waals surface area (Å²) in [6.07, 6.45) is -3.96. The van der Waals surface area contributed by atoms with E-state index in [1.165, 1.54) is 6.08 Å². The topological polar surface area (TPSA) is 92.8 Å². The summed E-state index contributed by atoms with van der Waals surface area (Å²) >= 11 is 3.44. The second-order valence-electron chi connectivity index (χ2n) is 8.96. The molecule has 1 heterocycles. The molecule has 0 saturated carbocycles. The zero-order valence-electron chi connectivity index (χ0n) is 19.2. The molecule has 5 nitrogen and oxygen atoms in total. The average Bonchev–Trinajstić information content (AvgIpc) is 3.14. The third-order valence-corrected chi connectivity index (χ3v) is 5.85. The Hall–Kier alpha value is -2.52. The number of nitrogens with two attached hydrogens (primary N) is 1. The summed E-state index contributed by atoms with van der Waals surface area (Å²) < 4.78 is 48.6. The van der Waals surface area contributed by atoms with E-state index in [2.05, 4.69) is 15.9 Å². The predicted molar refractivity (Wildman–Crippen MR) is 129 cm³/mol. The van der Waals surface area contributed by atoms with E-state index in [9.17, 15) is 18.3 Å². The molecule has 9 heteroatoms. The molecule has 0 radical (unpaired) electrons. The lowest BCUT2D eigenvalue weighted by molar-refractivity contribution is -0.266. The molecule has 1 aliphatic rings. The van der Waals surface area contributed by atoms with Gasteiger partial charge in [0.2, 0.25) is 0 Å². The number of hydrogen-bond acceptors (Lipinski definition) is 4. The van der Waals surface area contributed by atoms with Crippen molar-refractivity contribution in [1.82, 2.24) is 0 Å². The van der Waals surface area contributed by atoms with Gasteiger partial charge in [0.1, 0.15) is 5.75 Å². The molecule has 0 saturated heterocycles. The molecular weight excluding hydrogens is 515 g/mol. The SMILES string of the molecule is CC(=O)O.CC(C)(CC(O)(C/C(N)=C/c1ccccc1)C(F)(F)F)c1cc(Br)cc2c1OCC2. The lowest BCUT2D eigenvalue weighted by Gasteiger charge is -2.38. The van der Waals surface area contributed by atoms with Crippen molar-refractivity contribution in [1.29, 1.82) is 0 Å². The Morgan fingerprint density at radius 3 is 2.35 bits per heavy atom. The van der Waals surface area contributed by atoms with Gasteiger partial charge in [0, 0.05) is 35.5 Å². The fourth-order valence-corrected chi connectivity index (χ4v) is 4.52. The molecule has 3 rings (SSSR count). The van der Waals surface area contributed by atoms with E-state index in [1.54, 1.807) is 50.2 Å². The van der Waals surface area contributed by atoms with Crippen LogP contribution in [0.15, 0.2) is 52.6 Å². The number of benzene rings is 2. The average molecular weight is 544 g/mol. The number of carboxylic acids is 1. The van der Waals surface area contributed by atoms with Crippen LogP contribution in [0.25, 0.3) is 6.08 Å². The first-order valence-corrected chi connectivity index (χ1v) is 11.4. The molecule has 1 aliphatic heterocycles. The number of hydrogen-bond donors (Lipinski definition) is 3. The Morgan fingerprint density at radius 1 is 1.21 bits per heavy atom. The Labute approximate surface area is 205 Å². The number of fused-ring (bicyclic) bond motifs is 1. The standard InChI is InChI=1S/C23H25BrF3NO2.C2H4O2/c1-21(2,19-12-17(24)11-16-8-9-30-20(16)19)14-22(29,23(25,26)27)13-18(28)10-15-6-4-3-5-7-15;1-2(3)4/h3-7,10-12,29H,8-9,13-14,28H2,1-2H3;1H3,(H,3,4)/b18-10-;. The molecular formula is C25H29BrF3NO4. The molecule has 0 amide bonds. The van der Waals surface area contributed by atoms with Gasteiger partial charge in [0.25, 0.3) is 5.97 Å². The highest BCUT2D eigenvalue weighted by molar-refractivity contribution is 9.10. The number of aliphatic carboxylic acids is 1. The maximum atomic E-state index is 14.0. The van der Waals surface area contributed by atoms with E-state index in [-0.39, 0.29) is 5.70 Å². The Kier molecular flexibility index (Phi) is 8.82. The van der Waals surface area contributed by atoms with Crippen molar-refractivity contribution in [3.63, 3.8) is 0 Å². The number of ether oxygens (including phenoxy) is 1. The van der Waals surface area contributed by atoms with Gasteiger partial charge in [-0.25, -0.2) is 0 Å². The lowest BCUT2D eigenvalue weighted by Crippen LogP contribution is -2.50. The maximum Gasteiger partial charge on any atom is 0.417 e. The Morgan fingerprint density at radius 2 is 1.79 bits per heavy atom. The van der Waals surface area contributed by atoms with Gasteiger partial charge in [-0.05, 0) is 41.2 Å². The van der Waals surface area contributed by atoms with E-state index in [0.717, 1.165) is 17.0 Å². The minimum absolute atomic E-state index is 0.0347. The number of halogens is 4. The minimum Gasteiger partial charge on any atom is -0.493 e. The smallest absolute Gasteiger partial charge is 0.417 e. The van der Waals surface area contributed by atoms with Gasteiger partial charge in [0.15, 0.2) is 5.60 Å². The first-order valence-electron chi connectivity index (χ1n) is 10.6. The fourth-order valence-electron chi connectivity index (χ4n) is 4.01. The molecule has 0 aliphatic carbocycles. The minimum atomic E-state index is -4.85. The molecule has 2 aromatic rings. The number of aliphatic hydroxyl groups is 1. The van der Waals surface area contributed by atoms with Crippen LogP contribution < -0.4 is 10.5 Å². The van der Waals surface area contributed by atoms with Crippen LogP contribution in [0.5, 0.6) is 5.75 Å². The van der Waals surface area contributed by atoms with Gasteiger partial charge in [-0.15, -0.1) is 0 Å². The van der Waals surface area contributed by atoms with E-state index < -0.39 is 36.0 Å². The summed E-state index contributed by atoms with van der Waals surface area (Å²) in [5.41, 5.74) is 4.15. The van der Waals surface area contributed by atoms with Crippen LogP contribution >= 0.6 is 15.9 Å². The monoisotopic (exact) mass is 543 g/mol. The maximum absolute atomic E-state index is 14.0. The normalized spacial score (nSPS) is 15.5. The largest absolute Gasteiger partial charge is 0.493 e. The highest BCUT2D eigenvalue weighted by Crippen LogP contribution is 2.48. The molecule has 0 aromatic heterocycles. The van der Waals surface area contributed by atoms with E-state index in [4.69, 9.17) is 20.4 Å². The van der Waals surface area contributed by atoms with Gasteiger partial charge in [-0.1, -0.05) is 60.1 Å².